The molecule has 0 heterocycles. The van der Waals surface area contributed by atoms with Crippen LogP contribution in [0.25, 0.3) is 0 Å². The lowest BCUT2D eigenvalue weighted by Crippen LogP contribution is -2.24. The Kier molecular flexibility index (Phi) is 3.55. The van der Waals surface area contributed by atoms with E-state index in [1.54, 1.807) is 12.1 Å². The molecule has 3 N–H and O–H groups in total. The molecule has 0 saturated heterocycles. The minimum Gasteiger partial charge on any atom is -0.430 e. The standard InChI is InChI=1S/C11H10N2O3/c1-2-16-11(15)9(13)10(14)7-5-3-4-6-8(7)12/h2-6,13H,1,12H2. The van der Waals surface area contributed by atoms with Crippen molar-refractivity contribution in [2.75, 3.05) is 5.73 Å². The summed E-state index contributed by atoms with van der Waals surface area (Å²) in [5, 5.41) is 7.31. The van der Waals surface area contributed by atoms with Crippen LogP contribution in [0, 0.1) is 5.41 Å². The highest BCUT2D eigenvalue weighted by Gasteiger charge is 2.22. The third kappa shape index (κ3) is 2.33. The van der Waals surface area contributed by atoms with Gasteiger partial charge in [0.25, 0.3) is 0 Å². The van der Waals surface area contributed by atoms with Gasteiger partial charge in [-0.25, -0.2) is 4.79 Å². The van der Waals surface area contributed by atoms with Crippen molar-refractivity contribution in [3.63, 3.8) is 0 Å². The molecule has 0 unspecified atom stereocenters. The average Bonchev–Trinajstić information content (AvgIpc) is 2.28. The number of para-hydroxylation sites is 1. The number of ether oxygens (including phenoxy) is 1. The fourth-order valence-electron chi connectivity index (χ4n) is 1.07. The number of benzene rings is 1. The second-order valence-corrected chi connectivity index (χ2v) is 2.86. The Labute approximate surface area is 92.0 Å². The maximum absolute atomic E-state index is 11.6. The van der Waals surface area contributed by atoms with Crippen molar-refractivity contribution in [3.05, 3.63) is 42.7 Å². The van der Waals surface area contributed by atoms with E-state index >= 15 is 0 Å². The van der Waals surface area contributed by atoms with Gasteiger partial charge in [-0.1, -0.05) is 18.7 Å². The molecule has 5 nitrogen and oxygen atoms in total. The number of rotatable bonds is 4. The summed E-state index contributed by atoms with van der Waals surface area (Å²) >= 11 is 0. The summed E-state index contributed by atoms with van der Waals surface area (Å²) in [5.41, 5.74) is 5.08. The fourth-order valence-corrected chi connectivity index (χ4v) is 1.07. The van der Waals surface area contributed by atoms with Crippen LogP contribution in [0.4, 0.5) is 5.69 Å². The van der Waals surface area contributed by atoms with E-state index in [9.17, 15) is 9.59 Å². The molecule has 1 aromatic rings. The average molecular weight is 218 g/mol. The number of carbonyl (C=O) groups excluding carboxylic acids is 2. The summed E-state index contributed by atoms with van der Waals surface area (Å²) in [6.45, 7) is 3.16. The molecule has 16 heavy (non-hydrogen) atoms. The van der Waals surface area contributed by atoms with Crippen molar-refractivity contribution in [3.8, 4) is 0 Å². The quantitative estimate of drug-likeness (QED) is 0.198. The van der Waals surface area contributed by atoms with Crippen LogP contribution in [-0.2, 0) is 9.53 Å². The van der Waals surface area contributed by atoms with Gasteiger partial charge in [-0.05, 0) is 12.1 Å². The van der Waals surface area contributed by atoms with Gasteiger partial charge >= 0.3 is 5.97 Å². The predicted octanol–water partition coefficient (Wildman–Crippen LogP) is 1.16. The van der Waals surface area contributed by atoms with Crippen molar-refractivity contribution >= 4 is 23.2 Å². The molecule has 0 aliphatic heterocycles. The Bertz CT molecular complexity index is 466. The number of esters is 1. The van der Waals surface area contributed by atoms with E-state index in [1.807, 2.05) is 0 Å². The molecule has 1 aromatic carbocycles. The number of nitrogens with one attached hydrogen (secondary N) is 1. The number of hydrogen-bond acceptors (Lipinski definition) is 5. The van der Waals surface area contributed by atoms with Gasteiger partial charge in [-0.2, -0.15) is 0 Å². The lowest BCUT2D eigenvalue weighted by atomic mass is 10.1. The van der Waals surface area contributed by atoms with Crippen LogP contribution in [-0.4, -0.2) is 17.5 Å². The van der Waals surface area contributed by atoms with Crippen LogP contribution < -0.4 is 5.73 Å². The third-order valence-electron chi connectivity index (χ3n) is 1.83. The normalized spacial score (nSPS) is 9.25. The van der Waals surface area contributed by atoms with Gasteiger partial charge in [0, 0.05) is 11.3 Å². The second-order valence-electron chi connectivity index (χ2n) is 2.86. The van der Waals surface area contributed by atoms with Gasteiger partial charge < -0.3 is 10.5 Å². The highest BCUT2D eigenvalue weighted by molar-refractivity contribution is 6.67. The topological polar surface area (TPSA) is 93.2 Å². The number of Topliss-reactive ketones (excluding diaryl/α,β-unsaturated/α-hetero) is 1. The Hall–Kier alpha value is -2.43. The van der Waals surface area contributed by atoms with E-state index in [0.29, 0.717) is 0 Å². The summed E-state index contributed by atoms with van der Waals surface area (Å²) in [7, 11) is 0. The lowest BCUT2D eigenvalue weighted by Gasteiger charge is -2.03. The summed E-state index contributed by atoms with van der Waals surface area (Å²) in [6, 6.07) is 6.19. The third-order valence-corrected chi connectivity index (χ3v) is 1.83. The number of ketones is 1. The molecule has 0 aromatic heterocycles. The first-order valence-electron chi connectivity index (χ1n) is 4.37. The molecule has 0 aliphatic rings. The Morgan fingerprint density at radius 1 is 1.38 bits per heavy atom. The summed E-state index contributed by atoms with van der Waals surface area (Å²) in [5.74, 6) is -1.83. The van der Waals surface area contributed by atoms with E-state index in [1.165, 1.54) is 12.1 Å². The van der Waals surface area contributed by atoms with Gasteiger partial charge in [0.15, 0.2) is 5.71 Å². The van der Waals surface area contributed by atoms with Crippen LogP contribution >= 0.6 is 0 Å². The van der Waals surface area contributed by atoms with E-state index in [-0.39, 0.29) is 11.3 Å². The zero-order valence-electron chi connectivity index (χ0n) is 8.40. The van der Waals surface area contributed by atoms with Crippen LogP contribution in [0.2, 0.25) is 0 Å². The van der Waals surface area contributed by atoms with Crippen LogP contribution in [0.15, 0.2) is 37.1 Å². The smallest absolute Gasteiger partial charge is 0.365 e. The molecular formula is C11H10N2O3. The minimum absolute atomic E-state index is 0.105. The van der Waals surface area contributed by atoms with Gasteiger partial charge in [-0.3, -0.25) is 10.2 Å². The Morgan fingerprint density at radius 3 is 2.56 bits per heavy atom. The molecule has 0 radical (unpaired) electrons. The van der Waals surface area contributed by atoms with Crippen molar-refractivity contribution < 1.29 is 14.3 Å². The molecule has 0 amide bonds. The minimum atomic E-state index is -1.05. The number of anilines is 1. The molecule has 82 valence electrons. The number of hydrogen-bond donors (Lipinski definition) is 2. The van der Waals surface area contributed by atoms with Crippen molar-refractivity contribution in [2.24, 2.45) is 0 Å². The molecule has 0 bridgehead atoms. The molecule has 0 fully saturated rings. The van der Waals surface area contributed by atoms with Gasteiger partial charge in [0.05, 0.1) is 6.26 Å². The maximum atomic E-state index is 11.6. The number of carbonyl (C=O) groups is 2. The first kappa shape index (κ1) is 11.6. The molecule has 0 atom stereocenters. The van der Waals surface area contributed by atoms with E-state index < -0.39 is 17.5 Å². The second kappa shape index (κ2) is 4.88. The molecular weight excluding hydrogens is 208 g/mol. The van der Waals surface area contributed by atoms with Gasteiger partial charge in [-0.15, -0.1) is 0 Å². The van der Waals surface area contributed by atoms with Crippen LogP contribution in [0.1, 0.15) is 10.4 Å². The summed E-state index contributed by atoms with van der Waals surface area (Å²) in [6.07, 6.45) is 0.860. The number of nitrogen functional groups attached to an aromatic ring is 1. The predicted molar refractivity (Wildman–Crippen MR) is 59.2 cm³/mol. The zero-order valence-corrected chi connectivity index (χ0v) is 8.40. The molecule has 5 heteroatoms. The van der Waals surface area contributed by atoms with E-state index in [0.717, 1.165) is 6.26 Å². The van der Waals surface area contributed by atoms with Gasteiger partial charge in [0.1, 0.15) is 0 Å². The molecule has 0 saturated carbocycles. The zero-order chi connectivity index (χ0) is 12.1. The monoisotopic (exact) mass is 218 g/mol. The molecule has 1 rings (SSSR count). The SMILES string of the molecule is C=COC(=O)C(=N)C(=O)c1ccccc1N. The summed E-state index contributed by atoms with van der Waals surface area (Å²) < 4.78 is 4.32. The molecule has 0 aliphatic carbocycles. The Balaban J connectivity index is 2.95. The summed E-state index contributed by atoms with van der Waals surface area (Å²) in [4.78, 5) is 22.7. The molecule has 0 spiro atoms. The first-order chi connectivity index (χ1) is 7.57. The first-order valence-corrected chi connectivity index (χ1v) is 4.37. The van der Waals surface area contributed by atoms with E-state index in [4.69, 9.17) is 11.1 Å². The van der Waals surface area contributed by atoms with Crippen LogP contribution in [0.3, 0.4) is 0 Å². The number of nitrogens with two attached hydrogens (primary N) is 1. The highest BCUT2D eigenvalue weighted by Crippen LogP contribution is 2.11. The highest BCUT2D eigenvalue weighted by atomic mass is 16.5. The van der Waals surface area contributed by atoms with Crippen molar-refractivity contribution in [1.82, 2.24) is 0 Å². The lowest BCUT2D eigenvalue weighted by molar-refractivity contribution is -0.130. The van der Waals surface area contributed by atoms with Crippen molar-refractivity contribution in [1.29, 1.82) is 5.41 Å². The Morgan fingerprint density at radius 2 is 2.00 bits per heavy atom. The fraction of sp³-hybridized carbons (Fsp3) is 0. The van der Waals surface area contributed by atoms with Crippen LogP contribution in [0.5, 0.6) is 0 Å². The van der Waals surface area contributed by atoms with Gasteiger partial charge in [0.2, 0.25) is 5.78 Å². The maximum Gasteiger partial charge on any atom is 0.365 e. The van der Waals surface area contributed by atoms with E-state index in [2.05, 4.69) is 11.3 Å². The van der Waals surface area contributed by atoms with Crippen molar-refractivity contribution in [2.45, 2.75) is 0 Å². The largest absolute Gasteiger partial charge is 0.430 e.